The van der Waals surface area contributed by atoms with Gasteiger partial charge in [-0.3, -0.25) is 9.59 Å². The summed E-state index contributed by atoms with van der Waals surface area (Å²) in [4.78, 5) is 27.4. The number of anilines is 1. The molecule has 0 saturated carbocycles. The normalized spacial score (nSPS) is 10.7. The molecule has 3 rings (SSSR count). The van der Waals surface area contributed by atoms with Crippen molar-refractivity contribution in [3.05, 3.63) is 59.9 Å². The van der Waals surface area contributed by atoms with Gasteiger partial charge in [0.05, 0.1) is 12.2 Å². The summed E-state index contributed by atoms with van der Waals surface area (Å²) in [6.07, 6.45) is 1.95. The fourth-order valence-corrected chi connectivity index (χ4v) is 3.33. The number of likely N-dealkylation sites (N-methyl/N-ethyl adjacent to an activating group) is 1. The van der Waals surface area contributed by atoms with Crippen molar-refractivity contribution in [3.63, 3.8) is 0 Å². The molecule has 0 radical (unpaired) electrons. The summed E-state index contributed by atoms with van der Waals surface area (Å²) in [5.41, 5.74) is 2.19. The average molecular weight is 368 g/mol. The third-order valence-electron chi connectivity index (χ3n) is 4.15. The van der Waals surface area contributed by atoms with Crippen molar-refractivity contribution in [2.24, 2.45) is 0 Å². The van der Waals surface area contributed by atoms with Crippen LogP contribution in [0.15, 0.2) is 57.8 Å². The van der Waals surface area contributed by atoms with Crippen molar-refractivity contribution in [2.45, 2.75) is 11.8 Å². The van der Waals surface area contributed by atoms with E-state index in [2.05, 4.69) is 5.32 Å². The minimum atomic E-state index is -0.313. The van der Waals surface area contributed by atoms with Crippen LogP contribution in [0, 0.1) is 6.92 Å². The Morgan fingerprint density at radius 1 is 1.12 bits per heavy atom. The zero-order chi connectivity index (χ0) is 18.7. The third kappa shape index (κ3) is 3.60. The minimum absolute atomic E-state index is 0.0575. The molecule has 6 heteroatoms. The molecule has 0 saturated heterocycles. The van der Waals surface area contributed by atoms with Crippen molar-refractivity contribution < 1.29 is 14.0 Å². The largest absolute Gasteiger partial charge is 0.451 e. The summed E-state index contributed by atoms with van der Waals surface area (Å²) >= 11 is 1.55. The summed E-state index contributed by atoms with van der Waals surface area (Å²) in [5, 5.41) is 3.76. The van der Waals surface area contributed by atoms with Crippen LogP contribution in [0.1, 0.15) is 16.1 Å². The molecule has 0 spiro atoms. The van der Waals surface area contributed by atoms with Crippen molar-refractivity contribution in [1.82, 2.24) is 4.90 Å². The van der Waals surface area contributed by atoms with E-state index in [0.717, 1.165) is 21.5 Å². The van der Waals surface area contributed by atoms with Gasteiger partial charge in [0.1, 0.15) is 5.58 Å². The summed E-state index contributed by atoms with van der Waals surface area (Å²) in [5.74, 6) is -0.297. The Morgan fingerprint density at radius 2 is 1.81 bits per heavy atom. The first-order valence-electron chi connectivity index (χ1n) is 8.17. The number of rotatable bonds is 5. The van der Waals surface area contributed by atoms with E-state index in [-0.39, 0.29) is 24.1 Å². The zero-order valence-electron chi connectivity index (χ0n) is 14.9. The van der Waals surface area contributed by atoms with Crippen LogP contribution in [0.25, 0.3) is 11.0 Å². The number of nitrogens with zero attached hydrogens (tertiary/aromatic N) is 1. The standard InChI is InChI=1S/C20H20N2O3S/c1-13-14-8-4-6-10-16(14)25-19(13)20(24)22(2)12-18(23)21-15-9-5-7-11-17(15)26-3/h4-11H,12H2,1-3H3,(H,21,23). The fourth-order valence-electron chi connectivity index (χ4n) is 2.78. The van der Waals surface area contributed by atoms with Crippen molar-refractivity contribution >= 4 is 40.2 Å². The molecule has 0 fully saturated rings. The number of para-hydroxylation sites is 2. The van der Waals surface area contributed by atoms with Crippen molar-refractivity contribution in [3.8, 4) is 0 Å². The number of hydrogen-bond acceptors (Lipinski definition) is 4. The highest BCUT2D eigenvalue weighted by Crippen LogP contribution is 2.26. The molecular weight excluding hydrogens is 348 g/mol. The van der Waals surface area contributed by atoms with Crippen molar-refractivity contribution in [1.29, 1.82) is 0 Å². The molecule has 134 valence electrons. The molecule has 1 N–H and O–H groups in total. The molecule has 3 aromatic rings. The van der Waals surface area contributed by atoms with E-state index in [1.165, 1.54) is 4.90 Å². The van der Waals surface area contributed by atoms with Gasteiger partial charge in [-0.25, -0.2) is 0 Å². The molecule has 5 nitrogen and oxygen atoms in total. The van der Waals surface area contributed by atoms with E-state index >= 15 is 0 Å². The van der Waals surface area contributed by atoms with Gasteiger partial charge < -0.3 is 14.6 Å². The molecule has 1 heterocycles. The molecule has 0 aliphatic rings. The Bertz CT molecular complexity index is 965. The summed E-state index contributed by atoms with van der Waals surface area (Å²) < 4.78 is 5.69. The minimum Gasteiger partial charge on any atom is -0.451 e. The second-order valence-corrected chi connectivity index (χ2v) is 6.81. The Labute approximate surface area is 156 Å². The lowest BCUT2D eigenvalue weighted by Crippen LogP contribution is -2.35. The average Bonchev–Trinajstić information content (AvgIpc) is 2.98. The Kier molecular flexibility index (Phi) is 5.32. The van der Waals surface area contributed by atoms with E-state index < -0.39 is 0 Å². The van der Waals surface area contributed by atoms with Gasteiger partial charge >= 0.3 is 0 Å². The smallest absolute Gasteiger partial charge is 0.290 e. The summed E-state index contributed by atoms with van der Waals surface area (Å²) in [6, 6.07) is 15.1. The van der Waals surface area contributed by atoms with E-state index in [4.69, 9.17) is 4.42 Å². The van der Waals surface area contributed by atoms with Gasteiger partial charge in [-0.15, -0.1) is 11.8 Å². The molecule has 0 unspecified atom stereocenters. The van der Waals surface area contributed by atoms with Gasteiger partial charge in [0.25, 0.3) is 5.91 Å². The van der Waals surface area contributed by atoms with Gasteiger partial charge in [0, 0.05) is 22.9 Å². The van der Waals surface area contributed by atoms with Gasteiger partial charge in [-0.05, 0) is 31.4 Å². The van der Waals surface area contributed by atoms with Crippen LogP contribution < -0.4 is 5.32 Å². The lowest BCUT2D eigenvalue weighted by molar-refractivity contribution is -0.116. The number of fused-ring (bicyclic) bond motifs is 1. The number of benzene rings is 2. The summed E-state index contributed by atoms with van der Waals surface area (Å²) in [7, 11) is 1.59. The molecule has 0 aliphatic carbocycles. The molecular formula is C20H20N2O3S. The Hall–Kier alpha value is -2.73. The molecule has 0 bridgehead atoms. The Balaban J connectivity index is 1.72. The van der Waals surface area contributed by atoms with Crippen LogP contribution in [0.5, 0.6) is 0 Å². The maximum Gasteiger partial charge on any atom is 0.290 e. The number of thioether (sulfide) groups is 1. The SMILES string of the molecule is CSc1ccccc1NC(=O)CN(C)C(=O)c1oc2ccccc2c1C. The maximum absolute atomic E-state index is 12.7. The number of furan rings is 1. The van der Waals surface area contributed by atoms with Gasteiger partial charge in [-0.1, -0.05) is 30.3 Å². The van der Waals surface area contributed by atoms with Crippen molar-refractivity contribution in [2.75, 3.05) is 25.2 Å². The van der Waals surface area contributed by atoms with Crippen LogP contribution in [0.3, 0.4) is 0 Å². The van der Waals surface area contributed by atoms with E-state index in [0.29, 0.717) is 5.58 Å². The second-order valence-electron chi connectivity index (χ2n) is 5.96. The van der Waals surface area contributed by atoms with Gasteiger partial charge in [0.2, 0.25) is 5.91 Å². The number of nitrogens with one attached hydrogen (secondary N) is 1. The second kappa shape index (κ2) is 7.66. The monoisotopic (exact) mass is 368 g/mol. The highest BCUT2D eigenvalue weighted by Gasteiger charge is 2.22. The van der Waals surface area contributed by atoms with Crippen LogP contribution in [-0.2, 0) is 4.79 Å². The predicted octanol–water partition coefficient (Wildman–Crippen LogP) is 4.17. The quantitative estimate of drug-likeness (QED) is 0.687. The fraction of sp³-hybridized carbons (Fsp3) is 0.200. The van der Waals surface area contributed by atoms with Crippen LogP contribution in [-0.4, -0.2) is 36.6 Å². The number of carbonyl (C=O) groups is 2. The molecule has 0 aliphatic heterocycles. The molecule has 0 atom stereocenters. The van der Waals surface area contributed by atoms with E-state index in [9.17, 15) is 9.59 Å². The lowest BCUT2D eigenvalue weighted by atomic mass is 10.1. The van der Waals surface area contributed by atoms with E-state index in [1.807, 2.05) is 61.7 Å². The zero-order valence-corrected chi connectivity index (χ0v) is 15.7. The first-order valence-corrected chi connectivity index (χ1v) is 9.40. The number of hydrogen-bond donors (Lipinski definition) is 1. The van der Waals surface area contributed by atoms with E-state index in [1.54, 1.807) is 18.8 Å². The maximum atomic E-state index is 12.7. The highest BCUT2D eigenvalue weighted by molar-refractivity contribution is 7.98. The highest BCUT2D eigenvalue weighted by atomic mass is 32.2. The summed E-state index contributed by atoms with van der Waals surface area (Å²) in [6.45, 7) is 1.79. The first kappa shape index (κ1) is 18.1. The number of amides is 2. The number of aryl methyl sites for hydroxylation is 1. The molecule has 2 aromatic carbocycles. The molecule has 1 aromatic heterocycles. The third-order valence-corrected chi connectivity index (χ3v) is 4.94. The first-order chi connectivity index (χ1) is 12.5. The van der Waals surface area contributed by atoms with Gasteiger partial charge in [0.15, 0.2) is 5.76 Å². The van der Waals surface area contributed by atoms with Crippen LogP contribution >= 0.6 is 11.8 Å². The predicted molar refractivity (Wildman–Crippen MR) is 105 cm³/mol. The lowest BCUT2D eigenvalue weighted by Gasteiger charge is -2.16. The van der Waals surface area contributed by atoms with Crippen LogP contribution in [0.4, 0.5) is 5.69 Å². The topological polar surface area (TPSA) is 62.6 Å². The Morgan fingerprint density at radius 3 is 2.54 bits per heavy atom. The number of carbonyl (C=O) groups excluding carboxylic acids is 2. The van der Waals surface area contributed by atoms with Gasteiger partial charge in [-0.2, -0.15) is 0 Å². The molecule has 2 amide bonds. The molecule has 26 heavy (non-hydrogen) atoms. The van der Waals surface area contributed by atoms with Crippen LogP contribution in [0.2, 0.25) is 0 Å².